The SMILES string of the molecule is O=C(COc1ccc(F)cc1Br)N1CCN(C(=O)[C@H]2COc3ccccc3O2)CC1. The van der Waals surface area contributed by atoms with Crippen LogP contribution in [0.25, 0.3) is 0 Å². The Morgan fingerprint density at radius 3 is 2.50 bits per heavy atom. The number of rotatable bonds is 4. The van der Waals surface area contributed by atoms with E-state index in [1.807, 2.05) is 12.1 Å². The fourth-order valence-corrected chi connectivity index (χ4v) is 3.81. The monoisotopic (exact) mass is 478 g/mol. The number of carbonyl (C=O) groups excluding carboxylic acids is 2. The first-order valence-corrected chi connectivity index (χ1v) is 10.3. The Morgan fingerprint density at radius 2 is 1.77 bits per heavy atom. The lowest BCUT2D eigenvalue weighted by Gasteiger charge is -2.37. The molecular weight excluding hydrogens is 459 g/mol. The highest BCUT2D eigenvalue weighted by Crippen LogP contribution is 2.31. The second kappa shape index (κ2) is 8.91. The van der Waals surface area contributed by atoms with E-state index in [2.05, 4.69) is 15.9 Å². The molecule has 2 heterocycles. The Kier molecular flexibility index (Phi) is 6.08. The molecular formula is C21H20BrFN2O5. The highest BCUT2D eigenvalue weighted by atomic mass is 79.9. The van der Waals surface area contributed by atoms with Gasteiger partial charge in [-0.1, -0.05) is 12.1 Å². The summed E-state index contributed by atoms with van der Waals surface area (Å²) < 4.78 is 30.5. The Morgan fingerprint density at radius 1 is 1.07 bits per heavy atom. The van der Waals surface area contributed by atoms with Crippen molar-refractivity contribution in [3.63, 3.8) is 0 Å². The van der Waals surface area contributed by atoms with Crippen molar-refractivity contribution in [3.8, 4) is 17.2 Å². The van der Waals surface area contributed by atoms with Gasteiger partial charge in [-0.25, -0.2) is 4.39 Å². The van der Waals surface area contributed by atoms with E-state index in [-0.39, 0.29) is 25.0 Å². The number of carbonyl (C=O) groups is 2. The Balaban J connectivity index is 1.26. The van der Waals surface area contributed by atoms with Crippen LogP contribution >= 0.6 is 15.9 Å². The van der Waals surface area contributed by atoms with E-state index in [1.54, 1.807) is 21.9 Å². The van der Waals surface area contributed by atoms with Crippen molar-refractivity contribution in [2.75, 3.05) is 39.4 Å². The zero-order valence-electron chi connectivity index (χ0n) is 16.1. The molecule has 9 heteroatoms. The largest absolute Gasteiger partial charge is 0.485 e. The van der Waals surface area contributed by atoms with Crippen molar-refractivity contribution >= 4 is 27.7 Å². The quantitative estimate of drug-likeness (QED) is 0.675. The molecule has 2 aliphatic heterocycles. The summed E-state index contributed by atoms with van der Waals surface area (Å²) in [5.41, 5.74) is 0. The maximum absolute atomic E-state index is 13.1. The summed E-state index contributed by atoms with van der Waals surface area (Å²) in [6, 6.07) is 11.3. The Labute approximate surface area is 181 Å². The molecule has 2 aromatic rings. The van der Waals surface area contributed by atoms with Gasteiger partial charge in [-0.2, -0.15) is 0 Å². The smallest absolute Gasteiger partial charge is 0.267 e. The lowest BCUT2D eigenvalue weighted by molar-refractivity contribution is -0.146. The lowest BCUT2D eigenvalue weighted by atomic mass is 10.2. The van der Waals surface area contributed by atoms with E-state index in [0.717, 1.165) is 0 Å². The third-order valence-electron chi connectivity index (χ3n) is 4.97. The minimum atomic E-state index is -0.693. The maximum atomic E-state index is 13.1. The number of para-hydroxylation sites is 2. The summed E-state index contributed by atoms with van der Waals surface area (Å²) in [5.74, 6) is 0.850. The van der Waals surface area contributed by atoms with E-state index in [1.165, 1.54) is 18.2 Å². The van der Waals surface area contributed by atoms with Crippen LogP contribution in [0.2, 0.25) is 0 Å². The number of nitrogens with zero attached hydrogens (tertiary/aromatic N) is 2. The number of ether oxygens (including phenoxy) is 3. The predicted molar refractivity (Wildman–Crippen MR) is 109 cm³/mol. The van der Waals surface area contributed by atoms with Gasteiger partial charge in [-0.05, 0) is 46.3 Å². The molecule has 30 heavy (non-hydrogen) atoms. The molecule has 7 nitrogen and oxygen atoms in total. The number of amides is 2. The van der Waals surface area contributed by atoms with Gasteiger partial charge in [0.05, 0.1) is 4.47 Å². The van der Waals surface area contributed by atoms with Gasteiger partial charge in [-0.15, -0.1) is 0 Å². The summed E-state index contributed by atoms with van der Waals surface area (Å²) in [6.07, 6.45) is -0.693. The molecule has 0 aliphatic carbocycles. The first kappa shape index (κ1) is 20.5. The highest BCUT2D eigenvalue weighted by Gasteiger charge is 2.33. The summed E-state index contributed by atoms with van der Waals surface area (Å²) in [4.78, 5) is 28.5. The average Bonchev–Trinajstić information content (AvgIpc) is 2.77. The van der Waals surface area contributed by atoms with E-state index in [4.69, 9.17) is 14.2 Å². The predicted octanol–water partition coefficient (Wildman–Crippen LogP) is 2.48. The molecule has 0 N–H and O–H groups in total. The molecule has 4 rings (SSSR count). The van der Waals surface area contributed by atoms with E-state index >= 15 is 0 Å². The van der Waals surface area contributed by atoms with Crippen molar-refractivity contribution in [2.45, 2.75) is 6.10 Å². The van der Waals surface area contributed by atoms with Crippen LogP contribution in [0.3, 0.4) is 0 Å². The minimum absolute atomic E-state index is 0.150. The van der Waals surface area contributed by atoms with Crippen molar-refractivity contribution < 1.29 is 28.2 Å². The molecule has 0 bridgehead atoms. The number of hydrogen-bond donors (Lipinski definition) is 0. The molecule has 0 unspecified atom stereocenters. The number of benzene rings is 2. The number of halogens is 2. The first-order chi connectivity index (χ1) is 14.5. The van der Waals surface area contributed by atoms with Crippen LogP contribution in [0.15, 0.2) is 46.9 Å². The zero-order valence-corrected chi connectivity index (χ0v) is 17.6. The zero-order chi connectivity index (χ0) is 21.1. The second-order valence-electron chi connectivity index (χ2n) is 6.93. The normalized spacial score (nSPS) is 18.1. The molecule has 2 amide bonds. The van der Waals surface area contributed by atoms with Gasteiger partial charge >= 0.3 is 0 Å². The summed E-state index contributed by atoms with van der Waals surface area (Å²) in [7, 11) is 0. The van der Waals surface area contributed by atoms with Gasteiger partial charge in [0.25, 0.3) is 11.8 Å². The van der Waals surface area contributed by atoms with Crippen LogP contribution in [-0.4, -0.2) is 67.1 Å². The summed E-state index contributed by atoms with van der Waals surface area (Å²) in [6.45, 7) is 1.63. The van der Waals surface area contributed by atoms with Crippen LogP contribution < -0.4 is 14.2 Å². The first-order valence-electron chi connectivity index (χ1n) is 9.54. The van der Waals surface area contributed by atoms with Gasteiger partial charge in [-0.3, -0.25) is 9.59 Å². The Hall–Kier alpha value is -2.81. The minimum Gasteiger partial charge on any atom is -0.485 e. The summed E-state index contributed by atoms with van der Waals surface area (Å²) in [5, 5.41) is 0. The lowest BCUT2D eigenvalue weighted by Crippen LogP contribution is -2.55. The van der Waals surface area contributed by atoms with Gasteiger partial charge in [0, 0.05) is 26.2 Å². The van der Waals surface area contributed by atoms with Crippen LogP contribution in [-0.2, 0) is 9.59 Å². The molecule has 0 saturated carbocycles. The molecule has 1 saturated heterocycles. The number of fused-ring (bicyclic) bond motifs is 1. The van der Waals surface area contributed by atoms with Crippen molar-refractivity contribution in [1.82, 2.24) is 9.80 Å². The van der Waals surface area contributed by atoms with Crippen LogP contribution in [0.5, 0.6) is 17.2 Å². The molecule has 1 fully saturated rings. The molecule has 158 valence electrons. The van der Waals surface area contributed by atoms with Crippen molar-refractivity contribution in [2.24, 2.45) is 0 Å². The fourth-order valence-electron chi connectivity index (χ4n) is 3.34. The van der Waals surface area contributed by atoms with E-state index in [9.17, 15) is 14.0 Å². The van der Waals surface area contributed by atoms with Gasteiger partial charge in [0.1, 0.15) is 18.2 Å². The van der Waals surface area contributed by atoms with Gasteiger partial charge in [0.15, 0.2) is 18.1 Å². The maximum Gasteiger partial charge on any atom is 0.267 e. The molecule has 1 atom stereocenters. The number of piperazine rings is 1. The second-order valence-corrected chi connectivity index (χ2v) is 7.79. The standard InChI is InChI=1S/C21H20BrFN2O5/c22-15-11-14(23)5-6-16(15)29-13-20(26)24-7-9-25(10-8-24)21(27)19-12-28-17-3-1-2-4-18(17)30-19/h1-6,11,19H,7-10,12-13H2/t19-/m1/s1. The molecule has 2 aromatic carbocycles. The third-order valence-corrected chi connectivity index (χ3v) is 5.59. The topological polar surface area (TPSA) is 68.3 Å². The summed E-state index contributed by atoms with van der Waals surface area (Å²) >= 11 is 3.21. The average molecular weight is 479 g/mol. The van der Waals surface area contributed by atoms with Crippen molar-refractivity contribution in [3.05, 3.63) is 52.8 Å². The molecule has 0 spiro atoms. The van der Waals surface area contributed by atoms with Crippen LogP contribution in [0, 0.1) is 5.82 Å². The molecule has 0 radical (unpaired) electrons. The molecule has 0 aromatic heterocycles. The van der Waals surface area contributed by atoms with E-state index in [0.29, 0.717) is 47.9 Å². The fraction of sp³-hybridized carbons (Fsp3) is 0.333. The van der Waals surface area contributed by atoms with Gasteiger partial charge < -0.3 is 24.0 Å². The Bertz CT molecular complexity index is 949. The molecule has 2 aliphatic rings. The van der Waals surface area contributed by atoms with Crippen LogP contribution in [0.1, 0.15) is 0 Å². The number of hydrogen-bond acceptors (Lipinski definition) is 5. The van der Waals surface area contributed by atoms with E-state index < -0.39 is 11.9 Å². The van der Waals surface area contributed by atoms with Crippen molar-refractivity contribution in [1.29, 1.82) is 0 Å². The van der Waals surface area contributed by atoms with Crippen LogP contribution in [0.4, 0.5) is 4.39 Å². The highest BCUT2D eigenvalue weighted by molar-refractivity contribution is 9.10. The van der Waals surface area contributed by atoms with Gasteiger partial charge in [0.2, 0.25) is 6.10 Å². The third kappa shape index (κ3) is 4.51.